The van der Waals surface area contributed by atoms with Gasteiger partial charge < -0.3 is 15.6 Å². The number of hydrogen-bond donors (Lipinski definition) is 2. The van der Waals surface area contributed by atoms with Gasteiger partial charge in [0, 0.05) is 11.6 Å². The maximum Gasteiger partial charge on any atom is 0.305 e. The van der Waals surface area contributed by atoms with Crippen LogP contribution in [0.4, 0.5) is 0 Å². The van der Waals surface area contributed by atoms with Crippen molar-refractivity contribution in [3.8, 4) is 5.75 Å². The van der Waals surface area contributed by atoms with Gasteiger partial charge in [-0.2, -0.15) is 0 Å². The van der Waals surface area contributed by atoms with Crippen LogP contribution >= 0.6 is 11.8 Å². The number of carbonyl (C=O) groups is 1. The van der Waals surface area contributed by atoms with Crippen molar-refractivity contribution < 1.29 is 14.6 Å². The van der Waals surface area contributed by atoms with Crippen molar-refractivity contribution >= 4 is 17.7 Å². The molecule has 3 N–H and O–H groups in total. The van der Waals surface area contributed by atoms with E-state index in [1.54, 1.807) is 11.8 Å². The van der Waals surface area contributed by atoms with Gasteiger partial charge in [0.2, 0.25) is 0 Å². The van der Waals surface area contributed by atoms with Crippen molar-refractivity contribution in [1.29, 1.82) is 0 Å². The van der Waals surface area contributed by atoms with E-state index in [4.69, 9.17) is 15.6 Å². The molecule has 0 saturated carbocycles. The lowest BCUT2D eigenvalue weighted by Crippen LogP contribution is -2.20. The van der Waals surface area contributed by atoms with E-state index in [1.165, 1.54) is 0 Å². The molecule has 1 atom stereocenters. The second-order valence-electron chi connectivity index (χ2n) is 4.48. The molecule has 1 aliphatic rings. The second kappa shape index (κ2) is 4.23. The average Bonchev–Trinajstić information content (AvgIpc) is 2.49. The molecule has 0 radical (unpaired) electrons. The van der Waals surface area contributed by atoms with E-state index in [9.17, 15) is 4.79 Å². The highest BCUT2D eigenvalue weighted by molar-refractivity contribution is 8.00. The number of benzene rings is 1. The van der Waals surface area contributed by atoms with Crippen LogP contribution in [0.15, 0.2) is 23.1 Å². The molecule has 2 rings (SSSR count). The Balaban J connectivity index is 2.32. The van der Waals surface area contributed by atoms with E-state index in [0.29, 0.717) is 0 Å². The zero-order chi connectivity index (χ0) is 12.6. The molecular weight excluding hydrogens is 238 g/mol. The molecule has 1 heterocycles. The average molecular weight is 253 g/mol. The Bertz CT molecular complexity index is 459. The maximum atomic E-state index is 10.7. The molecule has 0 bridgehead atoms. The lowest BCUT2D eigenvalue weighted by atomic mass is 10.0. The predicted molar refractivity (Wildman–Crippen MR) is 66.2 cm³/mol. The number of aliphatic carboxylic acids is 1. The summed E-state index contributed by atoms with van der Waals surface area (Å²) >= 11 is 1.62. The van der Waals surface area contributed by atoms with Gasteiger partial charge in [0.1, 0.15) is 5.75 Å². The molecule has 0 spiro atoms. The molecular formula is C12H15NO3S. The van der Waals surface area contributed by atoms with Gasteiger partial charge in [-0.3, -0.25) is 4.79 Å². The number of fused-ring (bicyclic) bond motifs is 1. The Labute approximate surface area is 104 Å². The first kappa shape index (κ1) is 12.3. The van der Waals surface area contributed by atoms with Crippen molar-refractivity contribution in [2.75, 3.05) is 0 Å². The minimum Gasteiger partial charge on any atom is -0.481 e. The van der Waals surface area contributed by atoms with E-state index >= 15 is 0 Å². The molecule has 1 aromatic carbocycles. The molecule has 0 fully saturated rings. The number of para-hydroxylation sites is 1. The molecule has 17 heavy (non-hydrogen) atoms. The van der Waals surface area contributed by atoms with Crippen LogP contribution in [0.2, 0.25) is 0 Å². The summed E-state index contributed by atoms with van der Waals surface area (Å²) in [5.74, 6) is -0.170. The Hall–Kier alpha value is -1.20. The van der Waals surface area contributed by atoms with E-state index in [0.717, 1.165) is 16.2 Å². The lowest BCUT2D eigenvalue weighted by molar-refractivity contribution is -0.137. The lowest BCUT2D eigenvalue weighted by Gasteiger charge is -2.18. The van der Waals surface area contributed by atoms with Crippen LogP contribution in [-0.4, -0.2) is 16.0 Å². The Morgan fingerprint density at radius 1 is 1.59 bits per heavy atom. The smallest absolute Gasteiger partial charge is 0.305 e. The molecule has 0 aliphatic carbocycles. The Morgan fingerprint density at radius 3 is 2.94 bits per heavy atom. The third kappa shape index (κ3) is 2.56. The minimum absolute atomic E-state index is 0.0924. The maximum absolute atomic E-state index is 10.7. The van der Waals surface area contributed by atoms with Crippen LogP contribution in [0.25, 0.3) is 0 Å². The third-order valence-corrected chi connectivity index (χ3v) is 3.62. The largest absolute Gasteiger partial charge is 0.481 e. The van der Waals surface area contributed by atoms with Crippen molar-refractivity contribution in [3.63, 3.8) is 0 Å². The van der Waals surface area contributed by atoms with Crippen molar-refractivity contribution in [2.24, 2.45) is 5.73 Å². The quantitative estimate of drug-likeness (QED) is 0.865. The summed E-state index contributed by atoms with van der Waals surface area (Å²) in [6.45, 7) is 3.95. The Morgan fingerprint density at radius 2 is 2.29 bits per heavy atom. The highest BCUT2D eigenvalue weighted by Gasteiger charge is 2.33. The van der Waals surface area contributed by atoms with Gasteiger partial charge in [0.25, 0.3) is 0 Å². The zero-order valence-electron chi connectivity index (χ0n) is 9.77. The molecule has 4 nitrogen and oxygen atoms in total. The summed E-state index contributed by atoms with van der Waals surface area (Å²) in [6.07, 6.45) is -0.0924. The number of rotatable bonds is 3. The topological polar surface area (TPSA) is 72.5 Å². The third-order valence-electron chi connectivity index (χ3n) is 2.51. The summed E-state index contributed by atoms with van der Waals surface area (Å²) in [4.78, 5) is 11.4. The van der Waals surface area contributed by atoms with E-state index in [2.05, 4.69) is 0 Å². The molecule has 0 aromatic heterocycles. The fourth-order valence-corrected chi connectivity index (χ4v) is 2.90. The fraction of sp³-hybridized carbons (Fsp3) is 0.417. The van der Waals surface area contributed by atoms with E-state index < -0.39 is 12.0 Å². The normalized spacial score (nSPS) is 18.3. The number of ether oxygens (including phenoxy) is 1. The molecule has 0 saturated heterocycles. The van der Waals surface area contributed by atoms with E-state index in [-0.39, 0.29) is 11.4 Å². The first-order chi connectivity index (χ1) is 7.89. The van der Waals surface area contributed by atoms with Crippen LogP contribution < -0.4 is 10.5 Å². The molecule has 1 aliphatic heterocycles. The van der Waals surface area contributed by atoms with Crippen molar-refractivity contribution in [2.45, 2.75) is 36.1 Å². The summed E-state index contributed by atoms with van der Waals surface area (Å²) in [6, 6.07) is 5.14. The van der Waals surface area contributed by atoms with Crippen molar-refractivity contribution in [3.05, 3.63) is 23.8 Å². The van der Waals surface area contributed by atoms with Crippen LogP contribution in [0, 0.1) is 0 Å². The van der Waals surface area contributed by atoms with Gasteiger partial charge in [-0.15, -0.1) is 0 Å². The monoisotopic (exact) mass is 253 g/mol. The SMILES string of the molecule is CC1(C)Oc2c(cccc2C(N)CC(=O)O)S1. The molecule has 1 unspecified atom stereocenters. The molecule has 0 amide bonds. The minimum atomic E-state index is -0.903. The first-order valence-electron chi connectivity index (χ1n) is 5.37. The highest BCUT2D eigenvalue weighted by atomic mass is 32.2. The van der Waals surface area contributed by atoms with Gasteiger partial charge in [0.15, 0.2) is 4.93 Å². The fourth-order valence-electron chi connectivity index (χ4n) is 1.84. The number of nitrogens with two attached hydrogens (primary N) is 1. The zero-order valence-corrected chi connectivity index (χ0v) is 10.6. The second-order valence-corrected chi connectivity index (χ2v) is 6.11. The number of hydrogen-bond acceptors (Lipinski definition) is 4. The van der Waals surface area contributed by atoms with Gasteiger partial charge in [-0.05, 0) is 19.9 Å². The van der Waals surface area contributed by atoms with E-state index in [1.807, 2.05) is 32.0 Å². The van der Waals surface area contributed by atoms with Gasteiger partial charge in [-0.25, -0.2) is 0 Å². The van der Waals surface area contributed by atoms with Gasteiger partial charge in [0.05, 0.1) is 11.3 Å². The van der Waals surface area contributed by atoms with Gasteiger partial charge in [-0.1, -0.05) is 23.9 Å². The molecule has 5 heteroatoms. The molecule has 1 aromatic rings. The Kier molecular flexibility index (Phi) is 3.05. The van der Waals surface area contributed by atoms with Crippen LogP contribution in [0.1, 0.15) is 31.9 Å². The first-order valence-corrected chi connectivity index (χ1v) is 6.19. The van der Waals surface area contributed by atoms with Crippen LogP contribution in [0.5, 0.6) is 5.75 Å². The van der Waals surface area contributed by atoms with Crippen LogP contribution in [-0.2, 0) is 4.79 Å². The van der Waals surface area contributed by atoms with Crippen LogP contribution in [0.3, 0.4) is 0 Å². The number of carboxylic acids is 1. The standard InChI is InChI=1S/C12H15NO3S/c1-12(2)16-11-7(8(13)6-10(14)15)4-3-5-9(11)17-12/h3-5,8H,6,13H2,1-2H3,(H,14,15). The number of thioether (sulfide) groups is 1. The van der Waals surface area contributed by atoms with Gasteiger partial charge >= 0.3 is 5.97 Å². The highest BCUT2D eigenvalue weighted by Crippen LogP contribution is 2.49. The molecule has 92 valence electrons. The summed E-state index contributed by atoms with van der Waals surface area (Å²) in [5, 5.41) is 8.77. The summed E-state index contributed by atoms with van der Waals surface area (Å²) in [5.41, 5.74) is 6.65. The van der Waals surface area contributed by atoms with Crippen molar-refractivity contribution in [1.82, 2.24) is 0 Å². The summed E-state index contributed by atoms with van der Waals surface area (Å²) < 4.78 is 5.82. The number of carboxylic acid groups (broad SMARTS) is 1. The summed E-state index contributed by atoms with van der Waals surface area (Å²) in [7, 11) is 0. The predicted octanol–water partition coefficient (Wildman–Crippen LogP) is 2.38.